The summed E-state index contributed by atoms with van der Waals surface area (Å²) in [5, 5.41) is 0. The molecule has 0 saturated carbocycles. The van der Waals surface area contributed by atoms with Gasteiger partial charge in [0.1, 0.15) is 0 Å². The first-order valence-electron chi connectivity index (χ1n) is 3.19. The smallest absolute Gasteiger partial charge is 0.255 e. The van der Waals surface area contributed by atoms with Crippen LogP contribution in [-0.2, 0) is 4.74 Å². The molecule has 0 radical (unpaired) electrons. The van der Waals surface area contributed by atoms with E-state index in [0.717, 1.165) is 0 Å². The summed E-state index contributed by atoms with van der Waals surface area (Å²) in [5.41, 5.74) is 4.99. The van der Waals surface area contributed by atoms with Gasteiger partial charge in [-0.2, -0.15) is 0 Å². The van der Waals surface area contributed by atoms with Crippen molar-refractivity contribution in [2.24, 2.45) is 5.73 Å². The minimum absolute atomic E-state index is 0.0372. The van der Waals surface area contributed by atoms with Crippen LogP contribution in [0.3, 0.4) is 0 Å². The molecule has 0 aliphatic rings. The molecular formula is C6H13F2NO. The molecule has 0 fully saturated rings. The molecule has 0 aliphatic carbocycles. The molecule has 62 valence electrons. The lowest BCUT2D eigenvalue weighted by Crippen LogP contribution is -2.34. The summed E-state index contributed by atoms with van der Waals surface area (Å²) in [6, 6.07) is -1.15. The first-order valence-corrected chi connectivity index (χ1v) is 3.19. The molecule has 0 heterocycles. The van der Waals surface area contributed by atoms with Crippen molar-refractivity contribution >= 4 is 0 Å². The number of hydrogen-bond donors (Lipinski definition) is 1. The molecule has 0 aromatic heterocycles. The highest BCUT2D eigenvalue weighted by Gasteiger charge is 2.15. The van der Waals surface area contributed by atoms with Crippen molar-refractivity contribution in [1.29, 1.82) is 0 Å². The summed E-state index contributed by atoms with van der Waals surface area (Å²) < 4.78 is 28.2. The highest BCUT2D eigenvalue weighted by molar-refractivity contribution is 4.61. The molecule has 10 heavy (non-hydrogen) atoms. The fourth-order valence-corrected chi connectivity index (χ4v) is 0.376. The molecule has 0 aromatic rings. The molecule has 1 unspecified atom stereocenters. The zero-order chi connectivity index (χ0) is 8.15. The monoisotopic (exact) mass is 153 g/mol. The van der Waals surface area contributed by atoms with Gasteiger partial charge < -0.3 is 10.5 Å². The Morgan fingerprint density at radius 2 is 1.90 bits per heavy atom. The van der Waals surface area contributed by atoms with Crippen molar-refractivity contribution in [2.45, 2.75) is 32.4 Å². The molecule has 0 amide bonds. The van der Waals surface area contributed by atoms with Crippen molar-refractivity contribution in [3.63, 3.8) is 0 Å². The third kappa shape index (κ3) is 4.64. The lowest BCUT2D eigenvalue weighted by Gasteiger charge is -2.12. The van der Waals surface area contributed by atoms with Crippen LogP contribution < -0.4 is 5.73 Å². The first-order chi connectivity index (χ1) is 4.54. The number of ether oxygens (including phenoxy) is 1. The first kappa shape index (κ1) is 9.78. The third-order valence-corrected chi connectivity index (χ3v) is 0.946. The van der Waals surface area contributed by atoms with Crippen LogP contribution >= 0.6 is 0 Å². The Hall–Kier alpha value is -0.220. The molecule has 0 spiro atoms. The Labute approximate surface area is 59.3 Å². The second-order valence-electron chi connectivity index (χ2n) is 2.38. The van der Waals surface area contributed by atoms with Gasteiger partial charge in [0, 0.05) is 0 Å². The third-order valence-electron chi connectivity index (χ3n) is 0.946. The van der Waals surface area contributed by atoms with Crippen molar-refractivity contribution in [1.82, 2.24) is 0 Å². The zero-order valence-corrected chi connectivity index (χ0v) is 6.18. The molecule has 1 atom stereocenters. The molecule has 0 saturated heterocycles. The molecule has 4 heteroatoms. The van der Waals surface area contributed by atoms with E-state index in [9.17, 15) is 8.78 Å². The largest absolute Gasteiger partial charge is 0.377 e. The minimum Gasteiger partial charge on any atom is -0.377 e. The summed E-state index contributed by atoms with van der Waals surface area (Å²) in [6.07, 6.45) is -2.52. The number of alkyl halides is 2. The van der Waals surface area contributed by atoms with Gasteiger partial charge in [-0.3, -0.25) is 0 Å². The van der Waals surface area contributed by atoms with Gasteiger partial charge in [-0.15, -0.1) is 0 Å². The molecule has 0 bridgehead atoms. The van der Waals surface area contributed by atoms with E-state index in [-0.39, 0.29) is 12.7 Å². The SMILES string of the molecule is CC(C)OCC(N)C(F)F. The van der Waals surface area contributed by atoms with Gasteiger partial charge in [-0.25, -0.2) is 8.78 Å². The van der Waals surface area contributed by atoms with Crippen LogP contribution in [0.15, 0.2) is 0 Å². The fraction of sp³-hybridized carbons (Fsp3) is 1.00. The Balaban J connectivity index is 3.30. The number of nitrogens with two attached hydrogens (primary N) is 1. The Kier molecular flexibility index (Phi) is 4.47. The molecule has 0 aromatic carbocycles. The topological polar surface area (TPSA) is 35.2 Å². The van der Waals surface area contributed by atoms with E-state index in [0.29, 0.717) is 0 Å². The van der Waals surface area contributed by atoms with Crippen LogP contribution in [0.25, 0.3) is 0 Å². The van der Waals surface area contributed by atoms with Crippen LogP contribution in [0.1, 0.15) is 13.8 Å². The van der Waals surface area contributed by atoms with Gasteiger partial charge in [-0.1, -0.05) is 0 Å². The maximum Gasteiger partial charge on any atom is 0.255 e. The van der Waals surface area contributed by atoms with Crippen LogP contribution in [0.2, 0.25) is 0 Å². The van der Waals surface area contributed by atoms with Crippen molar-refractivity contribution in [3.05, 3.63) is 0 Å². The van der Waals surface area contributed by atoms with Gasteiger partial charge >= 0.3 is 0 Å². The summed E-state index contributed by atoms with van der Waals surface area (Å²) in [6.45, 7) is 3.48. The van der Waals surface area contributed by atoms with Gasteiger partial charge in [0.25, 0.3) is 6.43 Å². The van der Waals surface area contributed by atoms with Crippen LogP contribution in [-0.4, -0.2) is 25.2 Å². The molecule has 2 N–H and O–H groups in total. The molecule has 2 nitrogen and oxygen atoms in total. The van der Waals surface area contributed by atoms with Gasteiger partial charge in [0.2, 0.25) is 0 Å². The summed E-state index contributed by atoms with van der Waals surface area (Å²) in [7, 11) is 0. The predicted octanol–water partition coefficient (Wildman–Crippen LogP) is 1.00. The lowest BCUT2D eigenvalue weighted by molar-refractivity contribution is 0.0200. The number of rotatable bonds is 4. The number of hydrogen-bond acceptors (Lipinski definition) is 2. The Morgan fingerprint density at radius 3 is 2.20 bits per heavy atom. The highest BCUT2D eigenvalue weighted by atomic mass is 19.3. The Bertz CT molecular complexity index is 87.8. The van der Waals surface area contributed by atoms with E-state index in [2.05, 4.69) is 0 Å². The van der Waals surface area contributed by atoms with E-state index in [1.165, 1.54) is 0 Å². The van der Waals surface area contributed by atoms with E-state index in [4.69, 9.17) is 10.5 Å². The van der Waals surface area contributed by atoms with Crippen LogP contribution in [0.5, 0.6) is 0 Å². The van der Waals surface area contributed by atoms with Gasteiger partial charge in [0.05, 0.1) is 18.8 Å². The summed E-state index contributed by atoms with van der Waals surface area (Å²) >= 11 is 0. The lowest BCUT2D eigenvalue weighted by atomic mass is 10.3. The zero-order valence-electron chi connectivity index (χ0n) is 6.18. The second kappa shape index (κ2) is 4.57. The van der Waals surface area contributed by atoms with Gasteiger partial charge in [0.15, 0.2) is 0 Å². The molecule has 0 aliphatic heterocycles. The number of halogens is 2. The standard InChI is InChI=1S/C6H13F2NO/c1-4(2)10-3-5(9)6(7)8/h4-6H,3,9H2,1-2H3. The van der Waals surface area contributed by atoms with Crippen LogP contribution in [0.4, 0.5) is 8.78 Å². The maximum atomic E-state index is 11.7. The summed E-state index contributed by atoms with van der Waals surface area (Å²) in [5.74, 6) is 0. The second-order valence-corrected chi connectivity index (χ2v) is 2.38. The maximum absolute atomic E-state index is 11.7. The quantitative estimate of drug-likeness (QED) is 0.654. The average molecular weight is 153 g/mol. The minimum atomic E-state index is -2.49. The van der Waals surface area contributed by atoms with E-state index >= 15 is 0 Å². The van der Waals surface area contributed by atoms with Crippen molar-refractivity contribution < 1.29 is 13.5 Å². The fourth-order valence-electron chi connectivity index (χ4n) is 0.376. The van der Waals surface area contributed by atoms with Crippen molar-refractivity contribution in [3.8, 4) is 0 Å². The molecule has 0 rings (SSSR count). The van der Waals surface area contributed by atoms with E-state index in [1.54, 1.807) is 13.8 Å². The van der Waals surface area contributed by atoms with Crippen molar-refractivity contribution in [2.75, 3.05) is 6.61 Å². The average Bonchev–Trinajstić information content (AvgIpc) is 1.82. The van der Waals surface area contributed by atoms with E-state index in [1.807, 2.05) is 0 Å². The van der Waals surface area contributed by atoms with E-state index < -0.39 is 12.5 Å². The highest BCUT2D eigenvalue weighted by Crippen LogP contribution is 1.99. The summed E-state index contributed by atoms with van der Waals surface area (Å²) in [4.78, 5) is 0. The Morgan fingerprint density at radius 1 is 1.40 bits per heavy atom. The predicted molar refractivity (Wildman–Crippen MR) is 35.1 cm³/mol. The normalized spacial score (nSPS) is 14.7. The molecular weight excluding hydrogens is 140 g/mol. The van der Waals surface area contributed by atoms with Crippen LogP contribution in [0, 0.1) is 0 Å². The van der Waals surface area contributed by atoms with Gasteiger partial charge in [-0.05, 0) is 13.8 Å².